The van der Waals surface area contributed by atoms with Crippen molar-refractivity contribution in [2.45, 2.75) is 25.1 Å². The fraction of sp³-hybridized carbons (Fsp3) is 0.333. The summed E-state index contributed by atoms with van der Waals surface area (Å²) in [5, 5.41) is 11.2. The lowest BCUT2D eigenvalue weighted by molar-refractivity contribution is -0.142. The smallest absolute Gasteiger partial charge is 0.416 e. The molecule has 0 fully saturated rings. The van der Waals surface area contributed by atoms with Gasteiger partial charge >= 0.3 is 12.1 Å². The van der Waals surface area contributed by atoms with E-state index in [1.165, 1.54) is 12.1 Å². The van der Waals surface area contributed by atoms with E-state index in [1.807, 2.05) is 0 Å². The topological polar surface area (TPSA) is 75.6 Å². The highest BCUT2D eigenvalue weighted by molar-refractivity contribution is 5.84. The molecule has 0 aliphatic heterocycles. The summed E-state index contributed by atoms with van der Waals surface area (Å²) in [5.74, 6) is -2.08. The van der Waals surface area contributed by atoms with Gasteiger partial charge in [-0.2, -0.15) is 13.2 Å². The van der Waals surface area contributed by atoms with Gasteiger partial charge < -0.3 is 15.2 Å². The molecule has 0 radical (unpaired) electrons. The number of benzene rings is 1. The van der Waals surface area contributed by atoms with Crippen LogP contribution in [-0.4, -0.2) is 29.6 Å². The van der Waals surface area contributed by atoms with E-state index in [1.54, 1.807) is 0 Å². The van der Waals surface area contributed by atoms with Crippen LogP contribution in [0.4, 0.5) is 13.2 Å². The molecule has 1 aromatic rings. The lowest BCUT2D eigenvalue weighted by atomic mass is 10.1. The van der Waals surface area contributed by atoms with E-state index in [9.17, 15) is 22.8 Å². The summed E-state index contributed by atoms with van der Waals surface area (Å²) in [7, 11) is 0. The third-order valence-corrected chi connectivity index (χ3v) is 2.82. The Morgan fingerprint density at radius 2 is 2.09 bits per heavy atom. The molecule has 8 heteroatoms. The van der Waals surface area contributed by atoms with Gasteiger partial charge in [-0.1, -0.05) is 12.1 Å². The first-order valence-electron chi connectivity index (χ1n) is 6.67. The maximum atomic E-state index is 12.5. The van der Waals surface area contributed by atoms with Crippen molar-refractivity contribution in [2.75, 3.05) is 6.61 Å². The van der Waals surface area contributed by atoms with Gasteiger partial charge in [-0.3, -0.25) is 4.79 Å². The second-order valence-electron chi connectivity index (χ2n) is 4.64. The predicted octanol–water partition coefficient (Wildman–Crippen LogP) is 2.62. The molecule has 0 bridgehead atoms. The number of allylic oxidation sites excluding steroid dienone is 1. The highest BCUT2D eigenvalue weighted by atomic mass is 19.4. The average molecular weight is 331 g/mol. The van der Waals surface area contributed by atoms with Crippen molar-refractivity contribution >= 4 is 11.9 Å². The van der Waals surface area contributed by atoms with Crippen LogP contribution in [-0.2, 0) is 15.8 Å². The van der Waals surface area contributed by atoms with E-state index in [0.717, 1.165) is 18.2 Å². The van der Waals surface area contributed by atoms with Gasteiger partial charge in [0.05, 0.1) is 5.56 Å². The van der Waals surface area contributed by atoms with Crippen molar-refractivity contribution in [3.05, 3.63) is 42.5 Å². The Kier molecular flexibility index (Phi) is 6.62. The van der Waals surface area contributed by atoms with Gasteiger partial charge in [-0.25, -0.2) is 4.79 Å². The van der Waals surface area contributed by atoms with Gasteiger partial charge in [-0.05, 0) is 31.0 Å². The fourth-order valence-electron chi connectivity index (χ4n) is 1.69. The Hall–Kier alpha value is -2.51. The van der Waals surface area contributed by atoms with E-state index >= 15 is 0 Å². The van der Waals surface area contributed by atoms with Crippen LogP contribution >= 0.6 is 0 Å². The monoisotopic (exact) mass is 331 g/mol. The third kappa shape index (κ3) is 6.41. The summed E-state index contributed by atoms with van der Waals surface area (Å²) in [5.41, 5.74) is -0.898. The SMILES string of the molecule is C=CCCC(NC(=O)COc1cccc(C(F)(F)F)c1)C(=O)O. The van der Waals surface area contributed by atoms with E-state index < -0.39 is 36.3 Å². The number of hydrogen-bond acceptors (Lipinski definition) is 3. The van der Waals surface area contributed by atoms with Crippen molar-refractivity contribution in [1.29, 1.82) is 0 Å². The second-order valence-corrected chi connectivity index (χ2v) is 4.64. The molecule has 0 aromatic heterocycles. The van der Waals surface area contributed by atoms with Gasteiger partial charge in [-0.15, -0.1) is 6.58 Å². The molecule has 1 amide bonds. The maximum Gasteiger partial charge on any atom is 0.416 e. The largest absolute Gasteiger partial charge is 0.484 e. The number of carboxylic acid groups (broad SMARTS) is 1. The third-order valence-electron chi connectivity index (χ3n) is 2.82. The summed E-state index contributed by atoms with van der Waals surface area (Å²) in [6, 6.07) is 2.96. The Morgan fingerprint density at radius 3 is 2.65 bits per heavy atom. The standard InChI is InChI=1S/C15H16F3NO4/c1-2-3-7-12(14(21)22)19-13(20)9-23-11-6-4-5-10(8-11)15(16,17)18/h2,4-6,8,12H,1,3,7,9H2,(H,19,20)(H,21,22). The molecule has 5 nitrogen and oxygen atoms in total. The van der Waals surface area contributed by atoms with Crippen molar-refractivity contribution in [3.8, 4) is 5.75 Å². The highest BCUT2D eigenvalue weighted by Gasteiger charge is 2.30. The second kappa shape index (κ2) is 8.21. The number of hydrogen-bond donors (Lipinski definition) is 2. The number of nitrogens with one attached hydrogen (secondary N) is 1. The number of ether oxygens (including phenoxy) is 1. The normalized spacial score (nSPS) is 12.3. The first-order valence-corrected chi connectivity index (χ1v) is 6.67. The Labute approximate surface area is 130 Å². The van der Waals surface area contributed by atoms with E-state index in [0.29, 0.717) is 6.42 Å². The molecule has 0 saturated carbocycles. The van der Waals surface area contributed by atoms with Gasteiger partial charge in [0.1, 0.15) is 11.8 Å². The molecule has 1 rings (SSSR count). The zero-order valence-electron chi connectivity index (χ0n) is 12.1. The summed E-state index contributed by atoms with van der Waals surface area (Å²) >= 11 is 0. The minimum atomic E-state index is -4.51. The number of rotatable bonds is 8. The molecule has 1 unspecified atom stereocenters. The molecule has 0 saturated heterocycles. The van der Waals surface area contributed by atoms with Gasteiger partial charge in [0.25, 0.3) is 5.91 Å². The predicted molar refractivity (Wildman–Crippen MR) is 75.9 cm³/mol. The number of halogens is 3. The summed E-state index contributed by atoms with van der Waals surface area (Å²) in [6.07, 6.45) is -2.44. The van der Waals surface area contributed by atoms with Gasteiger partial charge in [0, 0.05) is 0 Å². The number of alkyl halides is 3. The van der Waals surface area contributed by atoms with Crippen LogP contribution in [0.3, 0.4) is 0 Å². The molecule has 0 aliphatic carbocycles. The molecule has 23 heavy (non-hydrogen) atoms. The first kappa shape index (κ1) is 18.5. The van der Waals surface area contributed by atoms with Crippen LogP contribution < -0.4 is 10.1 Å². The lowest BCUT2D eigenvalue weighted by Gasteiger charge is -2.14. The van der Waals surface area contributed by atoms with E-state index in [-0.39, 0.29) is 12.2 Å². The van der Waals surface area contributed by atoms with Crippen LogP contribution in [0, 0.1) is 0 Å². The number of carbonyl (C=O) groups is 2. The molecule has 2 N–H and O–H groups in total. The zero-order valence-corrected chi connectivity index (χ0v) is 12.1. The zero-order chi connectivity index (χ0) is 17.5. The fourth-order valence-corrected chi connectivity index (χ4v) is 1.69. The molecule has 0 spiro atoms. The summed E-state index contributed by atoms with van der Waals surface area (Å²) < 4.78 is 42.6. The number of carboxylic acids is 1. The minimum absolute atomic E-state index is 0.132. The van der Waals surface area contributed by atoms with E-state index in [2.05, 4.69) is 11.9 Å². The molecule has 1 atom stereocenters. The Bertz CT molecular complexity index is 572. The Balaban J connectivity index is 2.58. The molecule has 0 heterocycles. The minimum Gasteiger partial charge on any atom is -0.484 e. The summed E-state index contributed by atoms with van der Waals surface area (Å²) in [4.78, 5) is 22.6. The van der Waals surface area contributed by atoms with E-state index in [4.69, 9.17) is 9.84 Å². The lowest BCUT2D eigenvalue weighted by Crippen LogP contribution is -2.42. The molecular weight excluding hydrogens is 315 g/mol. The quantitative estimate of drug-likeness (QED) is 0.718. The van der Waals surface area contributed by atoms with Crippen LogP contribution in [0.25, 0.3) is 0 Å². The van der Waals surface area contributed by atoms with Crippen molar-refractivity contribution in [1.82, 2.24) is 5.32 Å². The number of aliphatic carboxylic acids is 1. The van der Waals surface area contributed by atoms with Gasteiger partial charge in [0.2, 0.25) is 0 Å². The first-order chi connectivity index (χ1) is 10.7. The van der Waals surface area contributed by atoms with Gasteiger partial charge in [0.15, 0.2) is 6.61 Å². The van der Waals surface area contributed by atoms with Crippen LogP contribution in [0.1, 0.15) is 18.4 Å². The van der Waals surface area contributed by atoms with Crippen LogP contribution in [0.2, 0.25) is 0 Å². The molecule has 126 valence electrons. The number of carbonyl (C=O) groups excluding carboxylic acids is 1. The van der Waals surface area contributed by atoms with Crippen molar-refractivity contribution in [3.63, 3.8) is 0 Å². The summed E-state index contributed by atoms with van der Waals surface area (Å²) in [6.45, 7) is 2.87. The van der Waals surface area contributed by atoms with Crippen molar-refractivity contribution in [2.24, 2.45) is 0 Å². The van der Waals surface area contributed by atoms with Crippen LogP contribution in [0.5, 0.6) is 5.75 Å². The maximum absolute atomic E-state index is 12.5. The Morgan fingerprint density at radius 1 is 1.39 bits per heavy atom. The van der Waals surface area contributed by atoms with Crippen LogP contribution in [0.15, 0.2) is 36.9 Å². The highest BCUT2D eigenvalue weighted by Crippen LogP contribution is 2.31. The molecule has 1 aromatic carbocycles. The molecular formula is C15H16F3NO4. The van der Waals surface area contributed by atoms with Crippen molar-refractivity contribution < 1.29 is 32.6 Å². The molecule has 0 aliphatic rings. The number of amides is 1. The average Bonchev–Trinajstić information content (AvgIpc) is 2.48.